The predicted octanol–water partition coefficient (Wildman–Crippen LogP) is 19.1. The van der Waals surface area contributed by atoms with Crippen molar-refractivity contribution in [2.24, 2.45) is 0 Å². The van der Waals surface area contributed by atoms with Crippen LogP contribution in [0, 0.1) is 0 Å². The van der Waals surface area contributed by atoms with E-state index in [1.54, 1.807) is 22.7 Å². The summed E-state index contributed by atoms with van der Waals surface area (Å²) >= 11 is 18.4. The highest BCUT2D eigenvalue weighted by Gasteiger charge is 2.26. The van der Waals surface area contributed by atoms with Gasteiger partial charge in [0, 0.05) is 0 Å². The first-order chi connectivity index (χ1) is 29.4. The molecule has 0 amide bonds. The molecular formula is C46H68O4S10. The topological polar surface area (TPSA) is 36.9 Å². The fraction of sp³-hybridized carbons (Fsp3) is 0.609. The van der Waals surface area contributed by atoms with Crippen LogP contribution >= 0.6 is 117 Å². The average Bonchev–Trinajstić information content (AvgIpc) is 4.02. The molecule has 2 aromatic rings. The van der Waals surface area contributed by atoms with Gasteiger partial charge in [0.25, 0.3) is 0 Å². The molecule has 0 fully saturated rings. The number of hydrogen-bond donors (Lipinski definition) is 0. The van der Waals surface area contributed by atoms with Crippen LogP contribution in [-0.4, -0.2) is 51.5 Å². The maximum atomic E-state index is 6.78. The van der Waals surface area contributed by atoms with E-state index in [0.29, 0.717) is 26.4 Å². The Morgan fingerprint density at radius 2 is 0.633 bits per heavy atom. The van der Waals surface area contributed by atoms with Crippen molar-refractivity contribution in [2.75, 3.05) is 51.5 Å². The van der Waals surface area contributed by atoms with Crippen LogP contribution < -0.4 is 18.9 Å². The third-order valence-electron chi connectivity index (χ3n) is 9.46. The Hall–Kier alpha value is 0.1000. The molecule has 2 aliphatic heterocycles. The van der Waals surface area contributed by atoms with Gasteiger partial charge in [-0.05, 0) is 75.0 Å². The Morgan fingerprint density at radius 1 is 0.367 bits per heavy atom. The Bertz CT molecular complexity index is 1580. The molecule has 0 saturated heterocycles. The fourth-order valence-electron chi connectivity index (χ4n) is 6.20. The number of rotatable bonds is 32. The van der Waals surface area contributed by atoms with Gasteiger partial charge in [-0.3, -0.25) is 0 Å². The van der Waals surface area contributed by atoms with Crippen LogP contribution in [-0.2, 0) is 0 Å². The van der Waals surface area contributed by atoms with Crippen LogP contribution in [0.1, 0.15) is 150 Å². The number of thiophene rings is 2. The zero-order valence-corrected chi connectivity index (χ0v) is 45.3. The van der Waals surface area contributed by atoms with Crippen LogP contribution in [0.25, 0.3) is 24.3 Å². The minimum absolute atomic E-state index is 0.677. The van der Waals surface area contributed by atoms with Gasteiger partial charge >= 0.3 is 0 Å². The van der Waals surface area contributed by atoms with E-state index in [1.165, 1.54) is 102 Å². The smallest absolute Gasteiger partial charge is 0.179 e. The molecule has 0 saturated carbocycles. The monoisotopic (exact) mass is 1000 g/mol. The first-order valence-electron chi connectivity index (χ1n) is 21.8. The fourth-order valence-corrected chi connectivity index (χ4v) is 18.4. The summed E-state index contributed by atoms with van der Waals surface area (Å²) in [5.74, 6) is 3.53. The van der Waals surface area contributed by atoms with Crippen LogP contribution in [0.2, 0.25) is 0 Å². The normalized spacial score (nSPS) is 14.4. The second-order valence-electron chi connectivity index (χ2n) is 14.2. The van der Waals surface area contributed by atoms with E-state index in [2.05, 4.69) is 77.0 Å². The lowest BCUT2D eigenvalue weighted by Crippen LogP contribution is -2.03. The minimum Gasteiger partial charge on any atom is -0.488 e. The van der Waals surface area contributed by atoms with Gasteiger partial charge in [0.15, 0.2) is 23.0 Å². The van der Waals surface area contributed by atoms with Crippen molar-refractivity contribution in [1.82, 2.24) is 0 Å². The molecule has 0 atom stereocenters. The molecule has 60 heavy (non-hydrogen) atoms. The second kappa shape index (κ2) is 31.1. The molecule has 0 aliphatic carbocycles. The lowest BCUT2D eigenvalue weighted by Gasteiger charge is -2.12. The summed E-state index contributed by atoms with van der Waals surface area (Å²) in [5.41, 5.74) is 0. The van der Waals surface area contributed by atoms with Gasteiger partial charge in [0.05, 0.1) is 71.4 Å². The van der Waals surface area contributed by atoms with Crippen molar-refractivity contribution in [3.8, 4) is 23.0 Å². The highest BCUT2D eigenvalue weighted by molar-refractivity contribution is 8.41. The molecule has 4 heterocycles. The number of ether oxygens (including phenoxy) is 4. The van der Waals surface area contributed by atoms with E-state index in [9.17, 15) is 0 Å². The zero-order chi connectivity index (χ0) is 43.0. The summed E-state index contributed by atoms with van der Waals surface area (Å²) in [6.45, 7) is 11.8. The average molecular weight is 1010 g/mol. The highest BCUT2D eigenvalue weighted by Crippen LogP contribution is 2.59. The molecule has 14 heteroatoms. The molecule has 2 aromatic heterocycles. The molecule has 0 bridgehead atoms. The van der Waals surface area contributed by atoms with Gasteiger partial charge in [-0.2, -0.15) is 0 Å². The van der Waals surface area contributed by atoms with Crippen molar-refractivity contribution in [2.45, 2.75) is 130 Å². The van der Waals surface area contributed by atoms with Crippen molar-refractivity contribution < 1.29 is 18.9 Å². The van der Waals surface area contributed by atoms with Crippen LogP contribution in [0.4, 0.5) is 0 Å². The van der Waals surface area contributed by atoms with E-state index >= 15 is 0 Å². The molecule has 0 unspecified atom stereocenters. The van der Waals surface area contributed by atoms with Gasteiger partial charge in [-0.15, -0.1) is 69.7 Å². The molecule has 0 aromatic carbocycles. The zero-order valence-electron chi connectivity index (χ0n) is 37.2. The maximum absolute atomic E-state index is 6.78. The third-order valence-corrected chi connectivity index (χ3v) is 21.8. The minimum atomic E-state index is 0.677. The SMILES string of the molecule is CCCCCCOc1c(C=C2SC(SC)=C(SC)S2)sc(/C=C/c2sc(C=C3SC(SC)=C(SC)S3)c(OCCCCCC)c2OCCCCCC)c1OCCCCCC. The van der Waals surface area contributed by atoms with Gasteiger partial charge in [-0.25, -0.2) is 0 Å². The number of unbranched alkanes of at least 4 members (excludes halogenated alkanes) is 12. The van der Waals surface area contributed by atoms with E-state index < -0.39 is 0 Å². The molecule has 0 spiro atoms. The Kier molecular flexibility index (Phi) is 27.3. The van der Waals surface area contributed by atoms with E-state index in [0.717, 1.165) is 68.2 Å². The van der Waals surface area contributed by atoms with Gasteiger partial charge in [0.2, 0.25) is 0 Å². The summed E-state index contributed by atoms with van der Waals surface area (Å²) in [7, 11) is 0. The summed E-state index contributed by atoms with van der Waals surface area (Å²) in [6, 6.07) is 0. The highest BCUT2D eigenvalue weighted by atomic mass is 32.3. The van der Waals surface area contributed by atoms with Gasteiger partial charge in [0.1, 0.15) is 0 Å². The molecule has 336 valence electrons. The molecule has 0 radical (unpaired) electrons. The lowest BCUT2D eigenvalue weighted by atomic mass is 10.2. The first-order valence-corrected chi connectivity index (χ1v) is 31.6. The summed E-state index contributed by atoms with van der Waals surface area (Å²) in [5, 5.41) is 0. The third kappa shape index (κ3) is 17.1. The first kappa shape index (κ1) is 52.7. The van der Waals surface area contributed by atoms with E-state index in [1.807, 2.05) is 94.1 Å². The largest absolute Gasteiger partial charge is 0.488 e. The van der Waals surface area contributed by atoms with Crippen molar-refractivity contribution in [3.63, 3.8) is 0 Å². The molecule has 4 rings (SSSR count). The molecule has 2 aliphatic rings. The van der Waals surface area contributed by atoms with E-state index in [4.69, 9.17) is 18.9 Å². The van der Waals surface area contributed by atoms with Crippen molar-refractivity contribution in [3.05, 3.63) is 44.9 Å². The van der Waals surface area contributed by atoms with Crippen LogP contribution in [0.5, 0.6) is 23.0 Å². The molecule has 0 N–H and O–H groups in total. The van der Waals surface area contributed by atoms with Crippen LogP contribution in [0.3, 0.4) is 0 Å². The van der Waals surface area contributed by atoms with Crippen molar-refractivity contribution in [1.29, 1.82) is 0 Å². The van der Waals surface area contributed by atoms with Gasteiger partial charge < -0.3 is 18.9 Å². The predicted molar refractivity (Wildman–Crippen MR) is 291 cm³/mol. The standard InChI is InChI=1S/C46H68O4S10/c1-9-13-17-21-27-47-39-33(55-35(41(39)49-29-23-19-15-11-3)31-37-57-43(51-5)44(52-6)58-37)25-26-34-40(48-28-22-18-14-10-2)42(50-30-24-20-16-12-4)36(56-34)32-38-59-45(53-7)46(54-8)60-38/h25-26,31-32H,9-24,27-30H2,1-8H3/b26-25+. The molecule has 4 nitrogen and oxygen atoms in total. The second-order valence-corrected chi connectivity index (χ2v) is 25.4. The lowest BCUT2D eigenvalue weighted by molar-refractivity contribution is 0.260. The summed E-state index contributed by atoms with van der Waals surface area (Å²) in [6.07, 6.45) is 36.4. The summed E-state index contributed by atoms with van der Waals surface area (Å²) < 4.78 is 35.2. The Morgan fingerprint density at radius 3 is 0.883 bits per heavy atom. The maximum Gasteiger partial charge on any atom is 0.179 e. The molecular weight excluding hydrogens is 937 g/mol. The van der Waals surface area contributed by atoms with E-state index in [-0.39, 0.29) is 0 Å². The summed E-state index contributed by atoms with van der Waals surface area (Å²) in [4.78, 5) is 4.43. The quantitative estimate of drug-likeness (QED) is 0.0655. The Labute approximate surface area is 406 Å². The number of hydrogen-bond acceptors (Lipinski definition) is 14. The van der Waals surface area contributed by atoms with Crippen molar-refractivity contribution >= 4 is 141 Å². The van der Waals surface area contributed by atoms with Gasteiger partial charge in [-0.1, -0.05) is 152 Å². The Balaban J connectivity index is 1.80. The van der Waals surface area contributed by atoms with Crippen LogP contribution in [0.15, 0.2) is 25.4 Å². The number of thioether (sulfide) groups is 8.